The predicted molar refractivity (Wildman–Crippen MR) is 52.5 cm³/mol. The van der Waals surface area contributed by atoms with Crippen LogP contribution in [0.4, 0.5) is 13.2 Å². The van der Waals surface area contributed by atoms with Gasteiger partial charge in [-0.3, -0.25) is 4.79 Å². The molecular weight excluding hydrogens is 243 g/mol. The summed E-state index contributed by atoms with van der Waals surface area (Å²) in [5, 5.41) is 13.3. The van der Waals surface area contributed by atoms with Crippen molar-refractivity contribution in [1.82, 2.24) is 5.32 Å². The number of amidine groups is 1. The topological polar surface area (TPSA) is 96.9 Å². The standard InChI is InChI=1S/C8H14F3N3O3/c1-5(7(12)14-16)13-6(15)2-3-17-4-8(9,10)11/h5,16H,2-4H2,1H3,(H2,12,14)(H,13,15). The first-order valence-corrected chi connectivity index (χ1v) is 4.67. The number of carbonyl (C=O) groups excluding carboxylic acids is 1. The Hall–Kier alpha value is -1.51. The van der Waals surface area contributed by atoms with Gasteiger partial charge in [-0.1, -0.05) is 5.16 Å². The Morgan fingerprint density at radius 1 is 1.59 bits per heavy atom. The van der Waals surface area contributed by atoms with Crippen LogP contribution in [0.25, 0.3) is 0 Å². The number of hydrogen-bond donors (Lipinski definition) is 3. The van der Waals surface area contributed by atoms with Gasteiger partial charge in [-0.05, 0) is 6.92 Å². The van der Waals surface area contributed by atoms with E-state index in [-0.39, 0.29) is 18.9 Å². The molecule has 0 bridgehead atoms. The van der Waals surface area contributed by atoms with Crippen LogP contribution in [0.5, 0.6) is 0 Å². The second-order valence-electron chi connectivity index (χ2n) is 3.23. The first kappa shape index (κ1) is 15.5. The van der Waals surface area contributed by atoms with Gasteiger partial charge >= 0.3 is 6.18 Å². The summed E-state index contributed by atoms with van der Waals surface area (Å²) in [5.41, 5.74) is 5.18. The molecule has 0 aromatic carbocycles. The van der Waals surface area contributed by atoms with Gasteiger partial charge in [0.05, 0.1) is 12.6 Å². The molecule has 9 heteroatoms. The van der Waals surface area contributed by atoms with E-state index in [4.69, 9.17) is 10.9 Å². The molecule has 0 aromatic heterocycles. The molecule has 6 nitrogen and oxygen atoms in total. The Kier molecular flexibility index (Phi) is 6.33. The molecule has 0 aromatic rings. The fraction of sp³-hybridized carbons (Fsp3) is 0.750. The number of nitrogens with one attached hydrogen (secondary N) is 1. The molecule has 0 radical (unpaired) electrons. The third kappa shape index (κ3) is 8.31. The van der Waals surface area contributed by atoms with Crippen LogP contribution in [-0.2, 0) is 9.53 Å². The van der Waals surface area contributed by atoms with E-state index in [1.165, 1.54) is 6.92 Å². The molecule has 1 unspecified atom stereocenters. The summed E-state index contributed by atoms with van der Waals surface area (Å²) >= 11 is 0. The Morgan fingerprint density at radius 3 is 2.65 bits per heavy atom. The number of hydrogen-bond acceptors (Lipinski definition) is 4. The van der Waals surface area contributed by atoms with E-state index in [1.54, 1.807) is 0 Å². The van der Waals surface area contributed by atoms with E-state index in [1.807, 2.05) is 0 Å². The lowest BCUT2D eigenvalue weighted by molar-refractivity contribution is -0.174. The van der Waals surface area contributed by atoms with Crippen LogP contribution in [0.1, 0.15) is 13.3 Å². The average molecular weight is 257 g/mol. The van der Waals surface area contributed by atoms with Crippen LogP contribution in [-0.4, -0.2) is 42.4 Å². The molecule has 0 aliphatic heterocycles. The van der Waals surface area contributed by atoms with Crippen molar-refractivity contribution in [1.29, 1.82) is 0 Å². The van der Waals surface area contributed by atoms with Crippen molar-refractivity contribution in [2.45, 2.75) is 25.6 Å². The molecule has 1 amide bonds. The molecular formula is C8H14F3N3O3. The molecule has 0 spiro atoms. The van der Waals surface area contributed by atoms with Crippen LogP contribution in [0, 0.1) is 0 Å². The number of rotatable bonds is 6. The summed E-state index contributed by atoms with van der Waals surface area (Å²) < 4.78 is 39.2. The highest BCUT2D eigenvalue weighted by Crippen LogP contribution is 2.14. The minimum atomic E-state index is -4.41. The molecule has 0 rings (SSSR count). The molecule has 17 heavy (non-hydrogen) atoms. The van der Waals surface area contributed by atoms with Gasteiger partial charge in [0, 0.05) is 6.42 Å². The zero-order chi connectivity index (χ0) is 13.5. The molecule has 0 heterocycles. The number of amides is 1. The Labute approximate surface area is 95.6 Å². The zero-order valence-electron chi connectivity index (χ0n) is 9.12. The fourth-order valence-corrected chi connectivity index (χ4v) is 0.827. The smallest absolute Gasteiger partial charge is 0.409 e. The van der Waals surface area contributed by atoms with Crippen molar-refractivity contribution in [2.24, 2.45) is 10.9 Å². The molecule has 0 aliphatic rings. The summed E-state index contributed by atoms with van der Waals surface area (Å²) in [6.07, 6.45) is -4.64. The van der Waals surface area contributed by atoms with Gasteiger partial charge in [0.25, 0.3) is 0 Å². The van der Waals surface area contributed by atoms with Gasteiger partial charge in [-0.25, -0.2) is 0 Å². The molecule has 100 valence electrons. The number of halogens is 3. The van der Waals surface area contributed by atoms with Crippen molar-refractivity contribution in [3.05, 3.63) is 0 Å². The van der Waals surface area contributed by atoms with E-state index in [0.29, 0.717) is 0 Å². The van der Waals surface area contributed by atoms with Crippen LogP contribution in [0.3, 0.4) is 0 Å². The second kappa shape index (κ2) is 6.94. The van der Waals surface area contributed by atoms with Crippen LogP contribution in [0.2, 0.25) is 0 Å². The third-order valence-electron chi connectivity index (χ3n) is 1.68. The zero-order valence-corrected chi connectivity index (χ0v) is 9.12. The van der Waals surface area contributed by atoms with Gasteiger partial charge in [0.15, 0.2) is 5.84 Å². The number of nitrogens with zero attached hydrogens (tertiary/aromatic N) is 1. The third-order valence-corrected chi connectivity index (χ3v) is 1.68. The predicted octanol–water partition coefficient (Wildman–Crippen LogP) is 0.207. The molecule has 0 saturated heterocycles. The summed E-state index contributed by atoms with van der Waals surface area (Å²) in [6, 6.07) is -0.699. The summed E-state index contributed by atoms with van der Waals surface area (Å²) in [4.78, 5) is 11.1. The number of alkyl halides is 3. The molecule has 0 saturated carbocycles. The Bertz CT molecular complexity index is 281. The number of ether oxygens (including phenoxy) is 1. The Morgan fingerprint density at radius 2 is 2.18 bits per heavy atom. The Balaban J connectivity index is 3.74. The summed E-state index contributed by atoms with van der Waals surface area (Å²) in [7, 11) is 0. The highest BCUT2D eigenvalue weighted by atomic mass is 19.4. The maximum atomic E-state index is 11.7. The van der Waals surface area contributed by atoms with Crippen molar-refractivity contribution < 1.29 is 27.9 Å². The summed E-state index contributed by atoms with van der Waals surface area (Å²) in [6.45, 7) is -0.284. The normalized spacial score (nSPS) is 14.5. The van der Waals surface area contributed by atoms with E-state index < -0.39 is 24.7 Å². The SMILES string of the molecule is CC(NC(=O)CCOCC(F)(F)F)C(N)=NO. The van der Waals surface area contributed by atoms with Gasteiger partial charge < -0.3 is 21.0 Å². The molecule has 0 fully saturated rings. The quantitative estimate of drug-likeness (QED) is 0.208. The minimum absolute atomic E-state index is 0.199. The molecule has 1 atom stereocenters. The van der Waals surface area contributed by atoms with Crippen molar-refractivity contribution in [2.75, 3.05) is 13.2 Å². The van der Waals surface area contributed by atoms with E-state index in [9.17, 15) is 18.0 Å². The van der Waals surface area contributed by atoms with E-state index in [0.717, 1.165) is 0 Å². The number of oxime groups is 1. The van der Waals surface area contributed by atoms with Crippen LogP contribution in [0.15, 0.2) is 5.16 Å². The van der Waals surface area contributed by atoms with Crippen molar-refractivity contribution in [3.8, 4) is 0 Å². The van der Waals surface area contributed by atoms with Gasteiger partial charge in [-0.2, -0.15) is 13.2 Å². The van der Waals surface area contributed by atoms with Gasteiger partial charge in [-0.15, -0.1) is 0 Å². The highest BCUT2D eigenvalue weighted by Gasteiger charge is 2.27. The van der Waals surface area contributed by atoms with Gasteiger partial charge in [0.1, 0.15) is 6.61 Å². The highest BCUT2D eigenvalue weighted by molar-refractivity contribution is 5.89. The number of carbonyl (C=O) groups is 1. The van der Waals surface area contributed by atoms with E-state index in [2.05, 4.69) is 15.2 Å². The average Bonchev–Trinajstić information content (AvgIpc) is 2.21. The van der Waals surface area contributed by atoms with E-state index >= 15 is 0 Å². The largest absolute Gasteiger partial charge is 0.411 e. The minimum Gasteiger partial charge on any atom is -0.409 e. The first-order chi connectivity index (χ1) is 7.76. The van der Waals surface area contributed by atoms with Gasteiger partial charge in [0.2, 0.25) is 5.91 Å². The maximum Gasteiger partial charge on any atom is 0.411 e. The molecule has 0 aliphatic carbocycles. The first-order valence-electron chi connectivity index (χ1n) is 4.67. The monoisotopic (exact) mass is 257 g/mol. The van der Waals surface area contributed by atoms with Crippen LogP contribution >= 0.6 is 0 Å². The lowest BCUT2D eigenvalue weighted by Gasteiger charge is -2.12. The van der Waals surface area contributed by atoms with Crippen LogP contribution < -0.4 is 11.1 Å². The molecule has 4 N–H and O–H groups in total. The number of nitrogens with two attached hydrogens (primary N) is 1. The summed E-state index contributed by atoms with van der Waals surface area (Å²) in [5.74, 6) is -0.749. The lowest BCUT2D eigenvalue weighted by atomic mass is 10.3. The second-order valence-corrected chi connectivity index (χ2v) is 3.23. The lowest BCUT2D eigenvalue weighted by Crippen LogP contribution is -2.42. The fourth-order valence-electron chi connectivity index (χ4n) is 0.827. The maximum absolute atomic E-state index is 11.7. The van der Waals surface area contributed by atoms with Crippen molar-refractivity contribution >= 4 is 11.7 Å². The van der Waals surface area contributed by atoms with Crippen molar-refractivity contribution in [3.63, 3.8) is 0 Å².